The van der Waals surface area contributed by atoms with Gasteiger partial charge in [0.05, 0.1) is 11.6 Å². The van der Waals surface area contributed by atoms with E-state index >= 15 is 0 Å². The van der Waals surface area contributed by atoms with Gasteiger partial charge in [0.1, 0.15) is 11.6 Å². The van der Waals surface area contributed by atoms with Crippen molar-refractivity contribution < 1.29 is 23.0 Å². The molecule has 100 valence electrons. The zero-order valence-electron chi connectivity index (χ0n) is 10.4. The summed E-state index contributed by atoms with van der Waals surface area (Å²) in [6, 6.07) is 2.18. The zero-order chi connectivity index (χ0) is 13.7. The van der Waals surface area contributed by atoms with Crippen molar-refractivity contribution in [3.05, 3.63) is 35.4 Å². The first-order valence-corrected chi connectivity index (χ1v) is 5.31. The van der Waals surface area contributed by atoms with E-state index in [-0.39, 0.29) is 5.56 Å². The van der Waals surface area contributed by atoms with E-state index in [4.69, 9.17) is 9.47 Å². The first kappa shape index (κ1) is 14.5. The standard InChI is InChI=1S/C12H15F2NO3/c1-7(12(17-2)18-3)15-11(16)9-6-8(13)4-5-10(9)14/h4-7,12H,1-3H3,(H,15,16). The maximum absolute atomic E-state index is 13.3. The number of benzene rings is 1. The monoisotopic (exact) mass is 259 g/mol. The third-order valence-corrected chi connectivity index (χ3v) is 2.40. The Morgan fingerprint density at radius 2 is 1.89 bits per heavy atom. The summed E-state index contributed by atoms with van der Waals surface area (Å²) in [5, 5.41) is 2.47. The van der Waals surface area contributed by atoms with Crippen molar-refractivity contribution in [1.82, 2.24) is 5.32 Å². The number of nitrogens with one attached hydrogen (secondary N) is 1. The average molecular weight is 259 g/mol. The largest absolute Gasteiger partial charge is 0.354 e. The molecule has 1 aromatic rings. The number of rotatable bonds is 5. The minimum absolute atomic E-state index is 0.354. The number of ether oxygens (including phenoxy) is 2. The molecule has 0 bridgehead atoms. The predicted molar refractivity (Wildman–Crippen MR) is 61.1 cm³/mol. The molecule has 0 aromatic heterocycles. The second kappa shape index (κ2) is 6.42. The normalized spacial score (nSPS) is 12.6. The van der Waals surface area contributed by atoms with Crippen molar-refractivity contribution >= 4 is 5.91 Å². The van der Waals surface area contributed by atoms with E-state index in [9.17, 15) is 13.6 Å². The zero-order valence-corrected chi connectivity index (χ0v) is 10.4. The Morgan fingerprint density at radius 1 is 1.28 bits per heavy atom. The third-order valence-electron chi connectivity index (χ3n) is 2.40. The number of methoxy groups -OCH3 is 2. The van der Waals surface area contributed by atoms with Crippen LogP contribution in [0.5, 0.6) is 0 Å². The second-order valence-corrected chi connectivity index (χ2v) is 3.73. The van der Waals surface area contributed by atoms with Crippen LogP contribution in [0.25, 0.3) is 0 Å². The quantitative estimate of drug-likeness (QED) is 0.819. The molecule has 6 heteroatoms. The minimum Gasteiger partial charge on any atom is -0.354 e. The van der Waals surface area contributed by atoms with Gasteiger partial charge < -0.3 is 14.8 Å². The SMILES string of the molecule is COC(OC)C(C)NC(=O)c1cc(F)ccc1F. The molecular weight excluding hydrogens is 244 g/mol. The summed E-state index contributed by atoms with van der Waals surface area (Å²) in [5.74, 6) is -2.18. The van der Waals surface area contributed by atoms with E-state index in [0.717, 1.165) is 18.2 Å². The first-order chi connectivity index (χ1) is 8.49. The summed E-state index contributed by atoms with van der Waals surface area (Å²) < 4.78 is 36.2. The fourth-order valence-electron chi connectivity index (χ4n) is 1.53. The molecule has 18 heavy (non-hydrogen) atoms. The number of carbonyl (C=O) groups is 1. The van der Waals surface area contributed by atoms with Crippen LogP contribution in [-0.4, -0.2) is 32.5 Å². The summed E-state index contributed by atoms with van der Waals surface area (Å²) in [4.78, 5) is 11.7. The number of hydrogen-bond donors (Lipinski definition) is 1. The Morgan fingerprint density at radius 3 is 2.44 bits per heavy atom. The number of halogens is 2. The van der Waals surface area contributed by atoms with Gasteiger partial charge in [-0.2, -0.15) is 0 Å². The second-order valence-electron chi connectivity index (χ2n) is 3.73. The molecular formula is C12H15F2NO3. The molecule has 0 aliphatic heterocycles. The summed E-state index contributed by atoms with van der Waals surface area (Å²) in [7, 11) is 2.83. The summed E-state index contributed by atoms with van der Waals surface area (Å²) in [6.07, 6.45) is -0.662. The van der Waals surface area contributed by atoms with Gasteiger partial charge in [-0.05, 0) is 25.1 Å². The molecule has 4 nitrogen and oxygen atoms in total. The molecule has 0 saturated heterocycles. The summed E-state index contributed by atoms with van der Waals surface area (Å²) in [5.41, 5.74) is -0.354. The van der Waals surface area contributed by atoms with Crippen LogP contribution in [0.2, 0.25) is 0 Å². The Bertz CT molecular complexity index is 422. The Labute approximate surface area is 104 Å². The smallest absolute Gasteiger partial charge is 0.254 e. The highest BCUT2D eigenvalue weighted by atomic mass is 19.1. The lowest BCUT2D eigenvalue weighted by Crippen LogP contribution is -2.43. The lowest BCUT2D eigenvalue weighted by molar-refractivity contribution is -0.117. The first-order valence-electron chi connectivity index (χ1n) is 5.31. The maximum atomic E-state index is 13.3. The molecule has 1 rings (SSSR count). The van der Waals surface area contributed by atoms with E-state index in [2.05, 4.69) is 5.32 Å². The Balaban J connectivity index is 2.79. The van der Waals surface area contributed by atoms with Gasteiger partial charge in [-0.1, -0.05) is 0 Å². The maximum Gasteiger partial charge on any atom is 0.254 e. The highest BCUT2D eigenvalue weighted by molar-refractivity contribution is 5.94. The molecule has 0 radical (unpaired) electrons. The minimum atomic E-state index is -0.785. The molecule has 0 aliphatic carbocycles. The summed E-state index contributed by atoms with van der Waals surface area (Å²) >= 11 is 0. The number of hydrogen-bond acceptors (Lipinski definition) is 3. The molecule has 0 saturated carbocycles. The van der Waals surface area contributed by atoms with Gasteiger partial charge in [0, 0.05) is 14.2 Å². The highest BCUT2D eigenvalue weighted by Gasteiger charge is 2.20. The predicted octanol–water partition coefficient (Wildman–Crippen LogP) is 1.70. The van der Waals surface area contributed by atoms with E-state index in [1.54, 1.807) is 6.92 Å². The lowest BCUT2D eigenvalue weighted by Gasteiger charge is -2.22. The highest BCUT2D eigenvalue weighted by Crippen LogP contribution is 2.10. The van der Waals surface area contributed by atoms with Crippen LogP contribution >= 0.6 is 0 Å². The van der Waals surface area contributed by atoms with Crippen LogP contribution in [-0.2, 0) is 9.47 Å². The molecule has 0 spiro atoms. The average Bonchev–Trinajstić information content (AvgIpc) is 2.33. The van der Waals surface area contributed by atoms with Crippen LogP contribution in [0.1, 0.15) is 17.3 Å². The van der Waals surface area contributed by atoms with Crippen molar-refractivity contribution in [3.63, 3.8) is 0 Å². The van der Waals surface area contributed by atoms with Crippen LogP contribution in [0, 0.1) is 11.6 Å². The third kappa shape index (κ3) is 3.48. The van der Waals surface area contributed by atoms with Crippen molar-refractivity contribution in [3.8, 4) is 0 Å². The van der Waals surface area contributed by atoms with Gasteiger partial charge in [0.15, 0.2) is 6.29 Å². The van der Waals surface area contributed by atoms with E-state index in [1.807, 2.05) is 0 Å². The molecule has 1 amide bonds. The topological polar surface area (TPSA) is 47.6 Å². The van der Waals surface area contributed by atoms with E-state index in [1.165, 1.54) is 14.2 Å². The Hall–Kier alpha value is -1.53. The van der Waals surface area contributed by atoms with E-state index in [0.29, 0.717) is 0 Å². The number of amides is 1. The summed E-state index contributed by atoms with van der Waals surface area (Å²) in [6.45, 7) is 1.63. The van der Waals surface area contributed by atoms with Crippen molar-refractivity contribution in [1.29, 1.82) is 0 Å². The van der Waals surface area contributed by atoms with E-state index < -0.39 is 29.9 Å². The van der Waals surface area contributed by atoms with Gasteiger partial charge in [0.2, 0.25) is 0 Å². The van der Waals surface area contributed by atoms with Gasteiger partial charge in [-0.3, -0.25) is 4.79 Å². The Kier molecular flexibility index (Phi) is 5.18. The molecule has 1 atom stereocenters. The van der Waals surface area contributed by atoms with Gasteiger partial charge in [-0.15, -0.1) is 0 Å². The van der Waals surface area contributed by atoms with Gasteiger partial charge in [-0.25, -0.2) is 8.78 Å². The van der Waals surface area contributed by atoms with Crippen LogP contribution < -0.4 is 5.32 Å². The fraction of sp³-hybridized carbons (Fsp3) is 0.417. The molecule has 1 aromatic carbocycles. The molecule has 0 fully saturated rings. The fourth-order valence-corrected chi connectivity index (χ4v) is 1.53. The lowest BCUT2D eigenvalue weighted by atomic mass is 10.2. The van der Waals surface area contributed by atoms with Gasteiger partial charge >= 0.3 is 0 Å². The van der Waals surface area contributed by atoms with Crippen molar-refractivity contribution in [2.45, 2.75) is 19.3 Å². The molecule has 1 N–H and O–H groups in total. The van der Waals surface area contributed by atoms with Crippen LogP contribution in [0.3, 0.4) is 0 Å². The molecule has 0 aliphatic rings. The molecule has 1 unspecified atom stereocenters. The van der Waals surface area contributed by atoms with Crippen LogP contribution in [0.4, 0.5) is 8.78 Å². The van der Waals surface area contributed by atoms with Gasteiger partial charge in [0.25, 0.3) is 5.91 Å². The van der Waals surface area contributed by atoms with Crippen molar-refractivity contribution in [2.75, 3.05) is 14.2 Å². The van der Waals surface area contributed by atoms with Crippen molar-refractivity contribution in [2.24, 2.45) is 0 Å². The molecule has 0 heterocycles. The van der Waals surface area contributed by atoms with Crippen LogP contribution in [0.15, 0.2) is 18.2 Å². The number of carbonyl (C=O) groups excluding carboxylic acids is 1.